The van der Waals surface area contributed by atoms with Crippen LogP contribution in [0.25, 0.3) is 0 Å². The summed E-state index contributed by atoms with van der Waals surface area (Å²) in [6, 6.07) is 10.7. The summed E-state index contributed by atoms with van der Waals surface area (Å²) in [5, 5.41) is 3.35. The smallest absolute Gasteiger partial charge is 0.0587 e. The molecule has 102 valence electrons. The van der Waals surface area contributed by atoms with Crippen molar-refractivity contribution in [1.29, 1.82) is 0 Å². The average Bonchev–Trinajstić information content (AvgIpc) is 2.85. The first-order valence-electron chi connectivity index (χ1n) is 6.68. The zero-order chi connectivity index (χ0) is 13.5. The van der Waals surface area contributed by atoms with Crippen molar-refractivity contribution in [3.63, 3.8) is 0 Å². The van der Waals surface area contributed by atoms with E-state index in [9.17, 15) is 0 Å². The van der Waals surface area contributed by atoms with Crippen LogP contribution in [0.1, 0.15) is 16.7 Å². The first kappa shape index (κ1) is 13.8. The van der Waals surface area contributed by atoms with E-state index in [0.29, 0.717) is 0 Å². The van der Waals surface area contributed by atoms with E-state index in [1.54, 1.807) is 7.11 Å². The van der Waals surface area contributed by atoms with Gasteiger partial charge in [-0.15, -0.1) is 0 Å². The van der Waals surface area contributed by atoms with Crippen molar-refractivity contribution in [3.05, 3.63) is 59.4 Å². The van der Waals surface area contributed by atoms with Crippen molar-refractivity contribution in [3.8, 4) is 0 Å². The summed E-state index contributed by atoms with van der Waals surface area (Å²) in [4.78, 5) is 0. The molecule has 0 amide bonds. The number of hydrogen-bond acceptors (Lipinski definition) is 2. The van der Waals surface area contributed by atoms with Gasteiger partial charge in [0.1, 0.15) is 0 Å². The Bertz CT molecular complexity index is 505. The third-order valence-electron chi connectivity index (χ3n) is 3.24. The van der Waals surface area contributed by atoms with Gasteiger partial charge < -0.3 is 14.6 Å². The Morgan fingerprint density at radius 1 is 1.21 bits per heavy atom. The number of aromatic nitrogens is 1. The molecular weight excluding hydrogens is 236 g/mol. The van der Waals surface area contributed by atoms with Gasteiger partial charge in [-0.3, -0.25) is 0 Å². The number of ether oxygens (including phenoxy) is 1. The van der Waals surface area contributed by atoms with Crippen molar-refractivity contribution < 1.29 is 4.74 Å². The number of nitrogens with one attached hydrogen (secondary N) is 1. The van der Waals surface area contributed by atoms with Crippen LogP contribution in [-0.4, -0.2) is 24.8 Å². The van der Waals surface area contributed by atoms with Gasteiger partial charge in [-0.1, -0.05) is 24.3 Å². The maximum Gasteiger partial charge on any atom is 0.0587 e. The fourth-order valence-electron chi connectivity index (χ4n) is 2.08. The van der Waals surface area contributed by atoms with Crippen molar-refractivity contribution in [1.82, 2.24) is 9.88 Å². The lowest BCUT2D eigenvalue weighted by molar-refractivity contribution is 0.199. The summed E-state index contributed by atoms with van der Waals surface area (Å²) >= 11 is 0. The molecule has 0 aliphatic rings. The molecule has 0 unspecified atom stereocenters. The number of benzene rings is 1. The van der Waals surface area contributed by atoms with Gasteiger partial charge in [0.25, 0.3) is 0 Å². The zero-order valence-electron chi connectivity index (χ0n) is 11.7. The quantitative estimate of drug-likeness (QED) is 0.773. The standard InChI is InChI=1S/C16H22N2O/c1-14-5-3-4-6-16(14)13-18-9-7-15(12-18)11-17-8-10-19-2/h3-7,9,12,17H,8,10-11,13H2,1-2H3. The second-order valence-electron chi connectivity index (χ2n) is 4.79. The van der Waals surface area contributed by atoms with Crippen LogP contribution in [0, 0.1) is 6.92 Å². The predicted molar refractivity (Wildman–Crippen MR) is 78.3 cm³/mol. The van der Waals surface area contributed by atoms with Crippen LogP contribution >= 0.6 is 0 Å². The van der Waals surface area contributed by atoms with Gasteiger partial charge in [0.15, 0.2) is 0 Å². The van der Waals surface area contributed by atoms with Crippen LogP contribution in [-0.2, 0) is 17.8 Å². The maximum atomic E-state index is 5.01. The number of rotatable bonds is 7. The zero-order valence-corrected chi connectivity index (χ0v) is 11.7. The number of hydrogen-bond donors (Lipinski definition) is 1. The first-order valence-corrected chi connectivity index (χ1v) is 6.68. The fraction of sp³-hybridized carbons (Fsp3) is 0.375. The highest BCUT2D eigenvalue weighted by molar-refractivity contribution is 5.26. The monoisotopic (exact) mass is 258 g/mol. The summed E-state index contributed by atoms with van der Waals surface area (Å²) in [6.07, 6.45) is 4.34. The SMILES string of the molecule is COCCNCc1ccn(Cc2ccccc2C)c1. The molecular formula is C16H22N2O. The highest BCUT2D eigenvalue weighted by Crippen LogP contribution is 2.10. The molecule has 0 fully saturated rings. The van der Waals surface area contributed by atoms with E-state index < -0.39 is 0 Å². The Kier molecular flexibility index (Phi) is 5.19. The topological polar surface area (TPSA) is 26.2 Å². The van der Waals surface area contributed by atoms with Gasteiger partial charge in [-0.2, -0.15) is 0 Å². The average molecular weight is 258 g/mol. The second-order valence-corrected chi connectivity index (χ2v) is 4.79. The Balaban J connectivity index is 1.89. The van der Waals surface area contributed by atoms with Crippen molar-refractivity contribution in [2.45, 2.75) is 20.0 Å². The summed E-state index contributed by atoms with van der Waals surface area (Å²) in [5.74, 6) is 0. The molecule has 0 atom stereocenters. The molecule has 1 heterocycles. The van der Waals surface area contributed by atoms with E-state index in [-0.39, 0.29) is 0 Å². The van der Waals surface area contributed by atoms with Crippen molar-refractivity contribution >= 4 is 0 Å². The Morgan fingerprint density at radius 3 is 2.84 bits per heavy atom. The molecule has 0 aliphatic carbocycles. The van der Waals surface area contributed by atoms with Gasteiger partial charge in [-0.25, -0.2) is 0 Å². The van der Waals surface area contributed by atoms with Crippen LogP contribution in [0.15, 0.2) is 42.7 Å². The number of nitrogens with zero attached hydrogens (tertiary/aromatic N) is 1. The Labute approximate surface area is 115 Å². The summed E-state index contributed by atoms with van der Waals surface area (Å²) in [5.41, 5.74) is 4.03. The van der Waals surface area contributed by atoms with Crippen LogP contribution < -0.4 is 5.32 Å². The number of methoxy groups -OCH3 is 1. The van der Waals surface area contributed by atoms with E-state index in [4.69, 9.17) is 4.74 Å². The van der Waals surface area contributed by atoms with Crippen LogP contribution in [0.2, 0.25) is 0 Å². The van der Waals surface area contributed by atoms with E-state index in [1.807, 2.05) is 0 Å². The normalized spacial score (nSPS) is 10.8. The molecule has 2 rings (SSSR count). The summed E-state index contributed by atoms with van der Waals surface area (Å²) in [6.45, 7) is 5.63. The molecule has 19 heavy (non-hydrogen) atoms. The van der Waals surface area contributed by atoms with Crippen LogP contribution in [0.5, 0.6) is 0 Å². The van der Waals surface area contributed by atoms with Crippen LogP contribution in [0.4, 0.5) is 0 Å². The minimum Gasteiger partial charge on any atom is -0.383 e. The first-order chi connectivity index (χ1) is 9.29. The number of aryl methyl sites for hydroxylation is 1. The van der Waals surface area contributed by atoms with Crippen LogP contribution in [0.3, 0.4) is 0 Å². The molecule has 1 aromatic heterocycles. The molecule has 2 aromatic rings. The lowest BCUT2D eigenvalue weighted by Crippen LogP contribution is -2.18. The molecule has 0 bridgehead atoms. The Hall–Kier alpha value is -1.58. The largest absolute Gasteiger partial charge is 0.383 e. The van der Waals surface area contributed by atoms with Gasteiger partial charge in [0.2, 0.25) is 0 Å². The molecule has 0 aliphatic heterocycles. The van der Waals surface area contributed by atoms with Gasteiger partial charge in [0, 0.05) is 39.1 Å². The maximum absolute atomic E-state index is 5.01. The van der Waals surface area contributed by atoms with E-state index >= 15 is 0 Å². The lowest BCUT2D eigenvalue weighted by atomic mass is 10.1. The molecule has 0 spiro atoms. The van der Waals surface area contributed by atoms with Gasteiger partial charge in [-0.05, 0) is 29.7 Å². The van der Waals surface area contributed by atoms with E-state index in [2.05, 4.69) is 59.5 Å². The third-order valence-corrected chi connectivity index (χ3v) is 3.24. The van der Waals surface area contributed by atoms with Gasteiger partial charge in [0.05, 0.1) is 6.61 Å². The highest BCUT2D eigenvalue weighted by atomic mass is 16.5. The lowest BCUT2D eigenvalue weighted by Gasteiger charge is -2.06. The minimum atomic E-state index is 0.754. The minimum absolute atomic E-state index is 0.754. The van der Waals surface area contributed by atoms with E-state index in [1.165, 1.54) is 16.7 Å². The molecule has 3 heteroatoms. The highest BCUT2D eigenvalue weighted by Gasteiger charge is 2.00. The predicted octanol–water partition coefficient (Wildman–Crippen LogP) is 2.58. The van der Waals surface area contributed by atoms with Crippen molar-refractivity contribution in [2.24, 2.45) is 0 Å². The molecule has 1 aromatic carbocycles. The molecule has 0 saturated carbocycles. The Morgan fingerprint density at radius 2 is 2.05 bits per heavy atom. The summed E-state index contributed by atoms with van der Waals surface area (Å²) < 4.78 is 7.24. The summed E-state index contributed by atoms with van der Waals surface area (Å²) in [7, 11) is 1.72. The van der Waals surface area contributed by atoms with E-state index in [0.717, 1.165) is 26.2 Å². The molecule has 0 saturated heterocycles. The molecule has 0 radical (unpaired) electrons. The third kappa shape index (κ3) is 4.23. The fourth-order valence-corrected chi connectivity index (χ4v) is 2.08. The van der Waals surface area contributed by atoms with Gasteiger partial charge >= 0.3 is 0 Å². The molecule has 3 nitrogen and oxygen atoms in total. The second kappa shape index (κ2) is 7.12. The van der Waals surface area contributed by atoms with Crippen molar-refractivity contribution in [2.75, 3.05) is 20.3 Å². The molecule has 1 N–H and O–H groups in total.